The van der Waals surface area contributed by atoms with Gasteiger partial charge in [0, 0.05) is 26.2 Å². The van der Waals surface area contributed by atoms with Crippen LogP contribution >= 0.6 is 0 Å². The number of carbonyl (C=O) groups excluding carboxylic acids is 1. The number of amides is 1. The molecule has 5 nitrogen and oxygen atoms in total. The second kappa shape index (κ2) is 5.99. The predicted molar refractivity (Wildman–Crippen MR) is 70.5 cm³/mol. The van der Waals surface area contributed by atoms with E-state index >= 15 is 0 Å². The standard InChI is InChI=1S/C13H25N3O2/c1-13(2)11-16(8-9-18-13)12(17)10-15-6-3-4-14-5-7-15/h14H,3-11H2,1-2H3. The molecule has 0 aromatic heterocycles. The van der Waals surface area contributed by atoms with Crippen LogP contribution in [0.25, 0.3) is 0 Å². The Morgan fingerprint density at radius 3 is 2.89 bits per heavy atom. The Morgan fingerprint density at radius 2 is 2.11 bits per heavy atom. The summed E-state index contributed by atoms with van der Waals surface area (Å²) in [5.41, 5.74) is -0.200. The number of hydrogen-bond acceptors (Lipinski definition) is 4. The number of nitrogens with one attached hydrogen (secondary N) is 1. The van der Waals surface area contributed by atoms with Gasteiger partial charge in [-0.2, -0.15) is 0 Å². The average molecular weight is 255 g/mol. The maximum Gasteiger partial charge on any atom is 0.236 e. The summed E-state index contributed by atoms with van der Waals surface area (Å²) in [5, 5.41) is 3.36. The Hall–Kier alpha value is -0.650. The maximum atomic E-state index is 12.3. The molecule has 2 aliphatic heterocycles. The van der Waals surface area contributed by atoms with Crippen LogP contribution in [0.1, 0.15) is 20.3 Å². The average Bonchev–Trinajstić information content (AvgIpc) is 2.56. The SMILES string of the molecule is CC1(C)CN(C(=O)CN2CCCNCC2)CCO1. The lowest BCUT2D eigenvalue weighted by molar-refractivity contribution is -0.147. The van der Waals surface area contributed by atoms with E-state index in [2.05, 4.69) is 10.2 Å². The maximum absolute atomic E-state index is 12.3. The lowest BCUT2D eigenvalue weighted by atomic mass is 10.1. The molecule has 18 heavy (non-hydrogen) atoms. The van der Waals surface area contributed by atoms with E-state index in [1.165, 1.54) is 0 Å². The second-order valence-corrected chi connectivity index (χ2v) is 5.80. The molecule has 0 spiro atoms. The summed E-state index contributed by atoms with van der Waals surface area (Å²) in [6, 6.07) is 0. The summed E-state index contributed by atoms with van der Waals surface area (Å²) in [4.78, 5) is 16.5. The van der Waals surface area contributed by atoms with Gasteiger partial charge in [-0.3, -0.25) is 9.69 Å². The molecule has 2 saturated heterocycles. The molecule has 0 bridgehead atoms. The number of morpholine rings is 1. The van der Waals surface area contributed by atoms with Crippen LogP contribution in [-0.4, -0.2) is 73.7 Å². The van der Waals surface area contributed by atoms with Gasteiger partial charge in [-0.1, -0.05) is 0 Å². The van der Waals surface area contributed by atoms with Crippen molar-refractivity contribution in [1.29, 1.82) is 0 Å². The van der Waals surface area contributed by atoms with E-state index in [0.717, 1.165) is 39.1 Å². The third kappa shape index (κ3) is 3.93. The summed E-state index contributed by atoms with van der Waals surface area (Å²) in [7, 11) is 0. The van der Waals surface area contributed by atoms with Crippen molar-refractivity contribution >= 4 is 5.91 Å². The third-order valence-corrected chi connectivity index (χ3v) is 3.57. The first kappa shape index (κ1) is 13.8. The highest BCUT2D eigenvalue weighted by Gasteiger charge is 2.30. The molecular weight excluding hydrogens is 230 g/mol. The lowest BCUT2D eigenvalue weighted by Crippen LogP contribution is -2.53. The smallest absolute Gasteiger partial charge is 0.236 e. The Labute approximate surface area is 109 Å². The highest BCUT2D eigenvalue weighted by Crippen LogP contribution is 2.16. The van der Waals surface area contributed by atoms with Crippen molar-refractivity contribution in [3.8, 4) is 0 Å². The zero-order valence-electron chi connectivity index (χ0n) is 11.6. The van der Waals surface area contributed by atoms with E-state index in [0.29, 0.717) is 19.7 Å². The summed E-state index contributed by atoms with van der Waals surface area (Å²) >= 11 is 0. The zero-order chi connectivity index (χ0) is 13.0. The van der Waals surface area contributed by atoms with E-state index in [1.54, 1.807) is 0 Å². The first-order valence-corrected chi connectivity index (χ1v) is 6.92. The Morgan fingerprint density at radius 1 is 1.28 bits per heavy atom. The molecule has 0 aromatic carbocycles. The van der Waals surface area contributed by atoms with Gasteiger partial charge in [-0.25, -0.2) is 0 Å². The summed E-state index contributed by atoms with van der Waals surface area (Å²) in [6.45, 7) is 10.8. The van der Waals surface area contributed by atoms with Crippen molar-refractivity contribution in [3.63, 3.8) is 0 Å². The van der Waals surface area contributed by atoms with Crippen molar-refractivity contribution in [2.75, 3.05) is 52.4 Å². The highest BCUT2D eigenvalue weighted by atomic mass is 16.5. The minimum absolute atomic E-state index is 0.200. The minimum atomic E-state index is -0.200. The quantitative estimate of drug-likeness (QED) is 0.749. The van der Waals surface area contributed by atoms with Crippen molar-refractivity contribution in [1.82, 2.24) is 15.1 Å². The molecule has 2 fully saturated rings. The van der Waals surface area contributed by atoms with E-state index in [9.17, 15) is 4.79 Å². The fourth-order valence-corrected chi connectivity index (χ4v) is 2.58. The first-order valence-electron chi connectivity index (χ1n) is 6.92. The Kier molecular flexibility index (Phi) is 4.59. The van der Waals surface area contributed by atoms with Crippen LogP contribution in [0.3, 0.4) is 0 Å². The van der Waals surface area contributed by atoms with Crippen LogP contribution in [0.2, 0.25) is 0 Å². The van der Waals surface area contributed by atoms with Gasteiger partial charge in [0.1, 0.15) is 0 Å². The summed E-state index contributed by atoms with van der Waals surface area (Å²) in [5.74, 6) is 0.244. The number of carbonyl (C=O) groups is 1. The molecule has 2 heterocycles. The summed E-state index contributed by atoms with van der Waals surface area (Å²) < 4.78 is 5.64. The van der Waals surface area contributed by atoms with Crippen LogP contribution in [-0.2, 0) is 9.53 Å². The molecule has 2 aliphatic rings. The zero-order valence-corrected chi connectivity index (χ0v) is 11.6. The highest BCUT2D eigenvalue weighted by molar-refractivity contribution is 5.78. The molecule has 1 amide bonds. The fourth-order valence-electron chi connectivity index (χ4n) is 2.58. The van der Waals surface area contributed by atoms with Gasteiger partial charge in [0.05, 0.1) is 18.8 Å². The molecule has 0 radical (unpaired) electrons. The van der Waals surface area contributed by atoms with E-state index in [4.69, 9.17) is 4.74 Å². The lowest BCUT2D eigenvalue weighted by Gasteiger charge is -2.38. The Bertz CT molecular complexity index is 286. The number of nitrogens with zero attached hydrogens (tertiary/aromatic N) is 2. The van der Waals surface area contributed by atoms with Gasteiger partial charge in [-0.15, -0.1) is 0 Å². The largest absolute Gasteiger partial charge is 0.372 e. The molecule has 1 N–H and O–H groups in total. The predicted octanol–water partition coefficient (Wildman–Crippen LogP) is -0.0809. The van der Waals surface area contributed by atoms with Gasteiger partial charge >= 0.3 is 0 Å². The van der Waals surface area contributed by atoms with Crippen molar-refractivity contribution in [3.05, 3.63) is 0 Å². The van der Waals surface area contributed by atoms with Gasteiger partial charge in [0.2, 0.25) is 5.91 Å². The first-order chi connectivity index (χ1) is 8.57. The van der Waals surface area contributed by atoms with Crippen molar-refractivity contribution in [2.24, 2.45) is 0 Å². The monoisotopic (exact) mass is 255 g/mol. The van der Waals surface area contributed by atoms with Crippen molar-refractivity contribution in [2.45, 2.75) is 25.9 Å². The van der Waals surface area contributed by atoms with Gasteiger partial charge < -0.3 is 15.0 Å². The molecule has 2 rings (SSSR count). The molecule has 0 aromatic rings. The normalized spacial score (nSPS) is 25.8. The second-order valence-electron chi connectivity index (χ2n) is 5.80. The minimum Gasteiger partial charge on any atom is -0.372 e. The molecule has 5 heteroatoms. The van der Waals surface area contributed by atoms with E-state index < -0.39 is 0 Å². The van der Waals surface area contributed by atoms with Crippen LogP contribution in [0, 0.1) is 0 Å². The topological polar surface area (TPSA) is 44.8 Å². The number of hydrogen-bond donors (Lipinski definition) is 1. The Balaban J connectivity index is 1.83. The van der Waals surface area contributed by atoms with Crippen molar-refractivity contribution < 1.29 is 9.53 Å². The molecule has 0 aliphatic carbocycles. The number of rotatable bonds is 2. The van der Waals surface area contributed by atoms with E-state index in [-0.39, 0.29) is 11.5 Å². The van der Waals surface area contributed by atoms with Crippen LogP contribution in [0.5, 0.6) is 0 Å². The van der Waals surface area contributed by atoms with Crippen LogP contribution < -0.4 is 5.32 Å². The fraction of sp³-hybridized carbons (Fsp3) is 0.923. The van der Waals surface area contributed by atoms with Crippen LogP contribution in [0.4, 0.5) is 0 Å². The summed E-state index contributed by atoms with van der Waals surface area (Å²) in [6.07, 6.45) is 1.13. The molecule has 104 valence electrons. The molecule has 0 unspecified atom stereocenters. The van der Waals surface area contributed by atoms with Crippen LogP contribution in [0.15, 0.2) is 0 Å². The van der Waals surface area contributed by atoms with Gasteiger partial charge in [0.25, 0.3) is 0 Å². The number of ether oxygens (including phenoxy) is 1. The van der Waals surface area contributed by atoms with Gasteiger partial charge in [0.15, 0.2) is 0 Å². The van der Waals surface area contributed by atoms with E-state index in [1.807, 2.05) is 18.7 Å². The third-order valence-electron chi connectivity index (χ3n) is 3.57. The molecular formula is C13H25N3O2. The molecule has 0 atom stereocenters. The van der Waals surface area contributed by atoms with Gasteiger partial charge in [-0.05, 0) is 33.4 Å². The molecule has 0 saturated carbocycles.